The quantitative estimate of drug-likeness (QED) is 0.365. The number of esters is 2. The second kappa shape index (κ2) is 10.3. The van der Waals surface area contributed by atoms with Crippen molar-refractivity contribution < 1.29 is 23.9 Å². The van der Waals surface area contributed by atoms with Crippen LogP contribution in [0, 0.1) is 23.7 Å². The van der Waals surface area contributed by atoms with Crippen molar-refractivity contribution in [3.05, 3.63) is 24.3 Å². The summed E-state index contributed by atoms with van der Waals surface area (Å²) in [5.41, 5.74) is 0. The number of allylic oxidation sites excluding steroid dienone is 4. The average molecular weight is 374 g/mol. The van der Waals surface area contributed by atoms with Crippen LogP contribution in [0.4, 0.5) is 0 Å². The van der Waals surface area contributed by atoms with Gasteiger partial charge in [0.1, 0.15) is 11.6 Å². The van der Waals surface area contributed by atoms with Gasteiger partial charge in [0.25, 0.3) is 0 Å². The second-order valence-corrected chi connectivity index (χ2v) is 7.41. The van der Waals surface area contributed by atoms with Gasteiger partial charge in [-0.15, -0.1) is 0 Å². The number of ketones is 2. The Labute approximate surface area is 161 Å². The third-order valence-corrected chi connectivity index (χ3v) is 5.59. The molecule has 0 aromatic carbocycles. The maximum absolute atomic E-state index is 12.5. The smallest absolute Gasteiger partial charge is 0.317 e. The van der Waals surface area contributed by atoms with E-state index in [-0.39, 0.29) is 11.6 Å². The molecule has 5 nitrogen and oxygen atoms in total. The molecule has 0 aromatic rings. The first-order valence-electron chi connectivity index (χ1n) is 10.1. The Morgan fingerprint density at radius 3 is 1.59 bits per heavy atom. The molecule has 2 rings (SSSR count). The molecule has 27 heavy (non-hydrogen) atoms. The first kappa shape index (κ1) is 21.3. The van der Waals surface area contributed by atoms with Crippen LogP contribution in [-0.4, -0.2) is 23.5 Å². The van der Waals surface area contributed by atoms with E-state index in [4.69, 9.17) is 4.74 Å². The van der Waals surface area contributed by atoms with Crippen molar-refractivity contribution in [3.63, 3.8) is 0 Å². The van der Waals surface area contributed by atoms with Crippen LogP contribution in [0.1, 0.15) is 65.2 Å². The molecule has 2 saturated carbocycles. The van der Waals surface area contributed by atoms with Crippen molar-refractivity contribution >= 4 is 23.5 Å². The van der Waals surface area contributed by atoms with Crippen LogP contribution >= 0.6 is 0 Å². The largest absolute Gasteiger partial charge is 0.393 e. The molecule has 0 bridgehead atoms. The zero-order valence-corrected chi connectivity index (χ0v) is 16.3. The third kappa shape index (κ3) is 5.47. The van der Waals surface area contributed by atoms with Gasteiger partial charge in [0.05, 0.1) is 11.8 Å². The molecule has 0 saturated heterocycles. The van der Waals surface area contributed by atoms with Crippen LogP contribution < -0.4 is 0 Å². The van der Waals surface area contributed by atoms with E-state index >= 15 is 0 Å². The van der Waals surface area contributed by atoms with Gasteiger partial charge < -0.3 is 4.74 Å². The lowest BCUT2D eigenvalue weighted by Crippen LogP contribution is -2.31. The molecule has 0 unspecified atom stereocenters. The Kier molecular flexibility index (Phi) is 8.14. The van der Waals surface area contributed by atoms with Crippen LogP contribution in [-0.2, 0) is 23.9 Å². The molecule has 4 atom stereocenters. The third-order valence-electron chi connectivity index (χ3n) is 5.59. The highest BCUT2D eigenvalue weighted by Gasteiger charge is 2.43. The van der Waals surface area contributed by atoms with Crippen molar-refractivity contribution in [3.8, 4) is 0 Å². The van der Waals surface area contributed by atoms with E-state index < -0.39 is 35.6 Å². The minimum atomic E-state index is -0.608. The molecular formula is C22H30O5. The van der Waals surface area contributed by atoms with Gasteiger partial charge in [-0.05, 0) is 38.5 Å². The number of carbonyl (C=O) groups is 4. The van der Waals surface area contributed by atoms with Gasteiger partial charge >= 0.3 is 11.9 Å². The van der Waals surface area contributed by atoms with E-state index in [0.29, 0.717) is 38.5 Å². The van der Waals surface area contributed by atoms with E-state index in [9.17, 15) is 19.2 Å². The highest BCUT2D eigenvalue weighted by molar-refractivity contribution is 5.97. The summed E-state index contributed by atoms with van der Waals surface area (Å²) in [4.78, 5) is 49.2. The van der Waals surface area contributed by atoms with E-state index in [0.717, 1.165) is 12.8 Å². The van der Waals surface area contributed by atoms with E-state index in [1.807, 2.05) is 38.2 Å². The summed E-state index contributed by atoms with van der Waals surface area (Å²) < 4.78 is 5.16. The van der Waals surface area contributed by atoms with Gasteiger partial charge in [0, 0.05) is 24.7 Å². The normalized spacial score (nSPS) is 28.5. The zero-order chi connectivity index (χ0) is 19.8. The molecule has 148 valence electrons. The molecule has 0 aliphatic heterocycles. The van der Waals surface area contributed by atoms with Gasteiger partial charge in [0.2, 0.25) is 0 Å². The average Bonchev–Trinajstić information content (AvgIpc) is 3.19. The van der Waals surface area contributed by atoms with Crippen molar-refractivity contribution in [2.45, 2.75) is 65.2 Å². The number of hydrogen-bond donors (Lipinski definition) is 0. The minimum Gasteiger partial charge on any atom is -0.393 e. The Balaban J connectivity index is 1.98. The molecule has 0 aromatic heterocycles. The summed E-state index contributed by atoms with van der Waals surface area (Å²) in [6.07, 6.45) is 12.1. The van der Waals surface area contributed by atoms with Crippen LogP contribution in [0.25, 0.3) is 0 Å². The molecule has 2 aliphatic rings. The predicted molar refractivity (Wildman–Crippen MR) is 102 cm³/mol. The first-order chi connectivity index (χ1) is 13.0. The van der Waals surface area contributed by atoms with Gasteiger partial charge in [0.15, 0.2) is 0 Å². The molecule has 5 heteroatoms. The molecule has 2 aliphatic carbocycles. The second-order valence-electron chi connectivity index (χ2n) is 7.41. The fraction of sp³-hybridized carbons (Fsp3) is 0.636. The number of hydrogen-bond acceptors (Lipinski definition) is 5. The van der Waals surface area contributed by atoms with Gasteiger partial charge in [-0.25, -0.2) is 0 Å². The highest BCUT2D eigenvalue weighted by atomic mass is 16.6. The molecule has 0 heterocycles. The fourth-order valence-corrected chi connectivity index (χ4v) is 4.04. The number of carbonyl (C=O) groups excluding carboxylic acids is 4. The summed E-state index contributed by atoms with van der Waals surface area (Å²) in [5.74, 6) is -3.02. The molecule has 2 fully saturated rings. The predicted octanol–water partition coefficient (Wildman–Crippen LogP) is 3.96. The number of rotatable bonds is 8. The van der Waals surface area contributed by atoms with Gasteiger partial charge in [-0.1, -0.05) is 38.2 Å². The maximum Gasteiger partial charge on any atom is 0.317 e. The highest BCUT2D eigenvalue weighted by Crippen LogP contribution is 2.35. The molecule has 0 radical (unpaired) electrons. The van der Waals surface area contributed by atoms with Crippen molar-refractivity contribution in [1.82, 2.24) is 0 Å². The van der Waals surface area contributed by atoms with E-state index in [2.05, 4.69) is 0 Å². The lowest BCUT2D eigenvalue weighted by atomic mass is 9.91. The Hall–Kier alpha value is -2.04. The van der Waals surface area contributed by atoms with Crippen molar-refractivity contribution in [2.24, 2.45) is 23.7 Å². The first-order valence-corrected chi connectivity index (χ1v) is 10.1. The Morgan fingerprint density at radius 1 is 0.815 bits per heavy atom. The summed E-state index contributed by atoms with van der Waals surface area (Å²) in [7, 11) is 0. The summed E-state index contributed by atoms with van der Waals surface area (Å²) >= 11 is 0. The van der Waals surface area contributed by atoms with Gasteiger partial charge in [-0.2, -0.15) is 0 Å². The molecule has 0 amide bonds. The van der Waals surface area contributed by atoms with Gasteiger partial charge in [-0.3, -0.25) is 19.2 Å². The standard InChI is InChI=1S/C22H30O5/c1-3-5-7-9-15-17(11-13-19(15)23)21(25)27-22(26)18-12-14-20(24)16(18)10-8-6-4-2/h5-8,15-18H,3-4,9-14H2,1-2H3/b7-5+,8-6+/t15-,16-,17+,18+/m1/s1. The van der Waals surface area contributed by atoms with Crippen LogP contribution in [0.15, 0.2) is 24.3 Å². The number of Topliss-reactive ketones (excluding diaryl/α,β-unsaturated/α-hetero) is 2. The van der Waals surface area contributed by atoms with E-state index in [1.54, 1.807) is 0 Å². The van der Waals surface area contributed by atoms with Crippen LogP contribution in [0.5, 0.6) is 0 Å². The Morgan fingerprint density at radius 2 is 1.22 bits per heavy atom. The molecule has 0 N–H and O–H groups in total. The molecular weight excluding hydrogens is 344 g/mol. The topological polar surface area (TPSA) is 77.5 Å². The Bertz CT molecular complexity index is 577. The minimum absolute atomic E-state index is 0.0591. The van der Waals surface area contributed by atoms with Crippen LogP contribution in [0.2, 0.25) is 0 Å². The summed E-state index contributed by atoms with van der Waals surface area (Å²) in [6.45, 7) is 4.01. The van der Waals surface area contributed by atoms with Crippen molar-refractivity contribution in [2.75, 3.05) is 0 Å². The maximum atomic E-state index is 12.5. The van der Waals surface area contributed by atoms with E-state index in [1.165, 1.54) is 0 Å². The van der Waals surface area contributed by atoms with Crippen molar-refractivity contribution in [1.29, 1.82) is 0 Å². The lowest BCUT2D eigenvalue weighted by molar-refractivity contribution is -0.167. The lowest BCUT2D eigenvalue weighted by Gasteiger charge is -2.18. The SMILES string of the molecule is CC/C=C/C[C@H]1C(=O)CC[C@@H]1C(=O)OC(=O)[C@H]1CCC(=O)[C@@H]1C/C=C/CC. The summed E-state index contributed by atoms with van der Waals surface area (Å²) in [6, 6.07) is 0. The zero-order valence-electron chi connectivity index (χ0n) is 16.3. The van der Waals surface area contributed by atoms with Crippen LogP contribution in [0.3, 0.4) is 0 Å². The monoisotopic (exact) mass is 374 g/mol. The molecule has 0 spiro atoms. The summed E-state index contributed by atoms with van der Waals surface area (Å²) in [5, 5.41) is 0. The fourth-order valence-electron chi connectivity index (χ4n) is 4.04. The number of ether oxygens (including phenoxy) is 1.